The van der Waals surface area contributed by atoms with Gasteiger partial charge in [-0.05, 0) is 42.8 Å². The summed E-state index contributed by atoms with van der Waals surface area (Å²) in [7, 11) is 0. The van der Waals surface area contributed by atoms with E-state index in [-0.39, 0.29) is 6.61 Å². The van der Waals surface area contributed by atoms with Crippen molar-refractivity contribution in [3.63, 3.8) is 0 Å². The number of anilines is 1. The number of aromatic nitrogens is 1. The van der Waals surface area contributed by atoms with Crippen molar-refractivity contribution in [3.8, 4) is 11.5 Å². The summed E-state index contributed by atoms with van der Waals surface area (Å²) >= 11 is 6.25. The summed E-state index contributed by atoms with van der Waals surface area (Å²) in [4.78, 5) is 16.1. The Morgan fingerprint density at radius 3 is 3.00 bits per heavy atom. The molecule has 3 rings (SSSR count). The lowest BCUT2D eigenvalue weighted by atomic mass is 10.2. The molecule has 122 valence electrons. The number of nitrogens with zero attached hydrogens (tertiary/aromatic N) is 1. The van der Waals surface area contributed by atoms with Crippen LogP contribution in [0.2, 0.25) is 5.02 Å². The molecule has 0 bridgehead atoms. The van der Waals surface area contributed by atoms with Crippen LogP contribution < -0.4 is 5.32 Å². The molecule has 1 aromatic heterocycles. The van der Waals surface area contributed by atoms with E-state index >= 15 is 0 Å². The van der Waals surface area contributed by atoms with Gasteiger partial charge in [-0.25, -0.2) is 9.78 Å². The first kappa shape index (κ1) is 16.1. The molecule has 2 aromatic carbocycles. The molecule has 6 heteroatoms. The summed E-state index contributed by atoms with van der Waals surface area (Å²) in [5, 5.41) is 3.10. The van der Waals surface area contributed by atoms with Crippen molar-refractivity contribution >= 4 is 34.5 Å². The zero-order valence-corrected chi connectivity index (χ0v) is 13.8. The minimum Gasteiger partial charge on any atom is -0.445 e. The van der Waals surface area contributed by atoms with Gasteiger partial charge >= 0.3 is 6.09 Å². The van der Waals surface area contributed by atoms with Gasteiger partial charge in [0.15, 0.2) is 5.58 Å². The van der Waals surface area contributed by atoms with Gasteiger partial charge in [-0.3, -0.25) is 5.32 Å². The average Bonchev–Trinajstić information content (AvgIpc) is 2.97. The van der Waals surface area contributed by atoms with Crippen LogP contribution >= 0.6 is 11.6 Å². The Balaban J connectivity index is 1.92. The molecule has 1 amide bonds. The van der Waals surface area contributed by atoms with E-state index < -0.39 is 6.09 Å². The lowest BCUT2D eigenvalue weighted by molar-refractivity contribution is 0.174. The number of benzene rings is 2. The first-order chi connectivity index (χ1) is 11.6. The van der Waals surface area contributed by atoms with E-state index in [0.717, 1.165) is 11.1 Å². The van der Waals surface area contributed by atoms with Gasteiger partial charge in [-0.2, -0.15) is 0 Å². The molecular formula is C18H15ClN2O3. The number of ether oxygens (including phenoxy) is 1. The van der Waals surface area contributed by atoms with Crippen LogP contribution in [-0.4, -0.2) is 17.7 Å². The number of carbonyl (C=O) groups is 1. The summed E-state index contributed by atoms with van der Waals surface area (Å²) < 4.78 is 10.7. The maximum atomic E-state index is 11.6. The summed E-state index contributed by atoms with van der Waals surface area (Å²) in [5.74, 6) is 0.392. The van der Waals surface area contributed by atoms with Gasteiger partial charge in [0, 0.05) is 5.69 Å². The second-order valence-corrected chi connectivity index (χ2v) is 5.60. The van der Waals surface area contributed by atoms with Crippen LogP contribution in [-0.2, 0) is 4.74 Å². The number of fused-ring (bicyclic) bond motifs is 1. The monoisotopic (exact) mass is 342 g/mol. The lowest BCUT2D eigenvalue weighted by Gasteiger charge is -2.07. The Morgan fingerprint density at radius 2 is 2.21 bits per heavy atom. The molecule has 0 aliphatic heterocycles. The van der Waals surface area contributed by atoms with E-state index in [2.05, 4.69) is 16.9 Å². The minimum absolute atomic E-state index is 0.136. The molecule has 0 spiro atoms. The van der Waals surface area contributed by atoms with E-state index in [1.54, 1.807) is 18.2 Å². The standard InChI is InChI=1S/C18H15ClN2O3/c1-3-8-23-18(22)20-12-5-6-14(19)13(10-12)17-21-15-9-11(2)4-7-16(15)24-17/h3-7,9-10H,1,8H2,2H3,(H,20,22). The summed E-state index contributed by atoms with van der Waals surface area (Å²) in [5.41, 5.74) is 3.64. The number of aryl methyl sites for hydroxylation is 1. The quantitative estimate of drug-likeness (QED) is 0.662. The Labute approximate surface area is 143 Å². The van der Waals surface area contributed by atoms with Crippen molar-refractivity contribution in [1.82, 2.24) is 4.98 Å². The molecule has 1 N–H and O–H groups in total. The van der Waals surface area contributed by atoms with E-state index in [1.807, 2.05) is 25.1 Å². The van der Waals surface area contributed by atoms with Crippen molar-refractivity contribution in [3.05, 3.63) is 59.6 Å². The molecule has 0 saturated carbocycles. The fraction of sp³-hybridized carbons (Fsp3) is 0.111. The molecule has 1 heterocycles. The van der Waals surface area contributed by atoms with E-state index in [0.29, 0.717) is 27.7 Å². The number of carbonyl (C=O) groups excluding carboxylic acids is 1. The molecular weight excluding hydrogens is 328 g/mol. The van der Waals surface area contributed by atoms with Crippen LogP contribution in [0.3, 0.4) is 0 Å². The van der Waals surface area contributed by atoms with Crippen LogP contribution in [0.4, 0.5) is 10.5 Å². The number of oxazole rings is 1. The highest BCUT2D eigenvalue weighted by atomic mass is 35.5. The summed E-state index contributed by atoms with van der Waals surface area (Å²) in [6.07, 6.45) is 0.920. The van der Waals surface area contributed by atoms with Gasteiger partial charge in [0.1, 0.15) is 12.1 Å². The normalized spacial score (nSPS) is 10.6. The number of amides is 1. The Morgan fingerprint density at radius 1 is 1.38 bits per heavy atom. The van der Waals surface area contributed by atoms with Crippen molar-refractivity contribution in [2.24, 2.45) is 0 Å². The maximum Gasteiger partial charge on any atom is 0.411 e. The maximum absolute atomic E-state index is 11.6. The smallest absolute Gasteiger partial charge is 0.411 e. The number of nitrogens with one attached hydrogen (secondary N) is 1. The Kier molecular flexibility index (Phi) is 4.53. The van der Waals surface area contributed by atoms with Gasteiger partial charge in [-0.1, -0.05) is 30.3 Å². The van der Waals surface area contributed by atoms with E-state index in [1.165, 1.54) is 6.08 Å². The van der Waals surface area contributed by atoms with Crippen molar-refractivity contribution in [1.29, 1.82) is 0 Å². The molecule has 0 aliphatic rings. The molecule has 0 unspecified atom stereocenters. The highest BCUT2D eigenvalue weighted by molar-refractivity contribution is 6.33. The third kappa shape index (κ3) is 3.41. The van der Waals surface area contributed by atoms with Crippen molar-refractivity contribution in [2.75, 3.05) is 11.9 Å². The lowest BCUT2D eigenvalue weighted by Crippen LogP contribution is -2.13. The third-order valence-corrected chi connectivity index (χ3v) is 3.65. The molecule has 0 atom stereocenters. The number of hydrogen-bond acceptors (Lipinski definition) is 4. The van der Waals surface area contributed by atoms with Crippen molar-refractivity contribution in [2.45, 2.75) is 6.92 Å². The third-order valence-electron chi connectivity index (χ3n) is 3.32. The molecule has 0 saturated heterocycles. The van der Waals surface area contributed by atoms with Gasteiger partial charge in [0.25, 0.3) is 0 Å². The minimum atomic E-state index is -0.573. The van der Waals surface area contributed by atoms with E-state index in [4.69, 9.17) is 20.8 Å². The van der Waals surface area contributed by atoms with Crippen LogP contribution in [0.5, 0.6) is 0 Å². The summed E-state index contributed by atoms with van der Waals surface area (Å²) in [6, 6.07) is 10.8. The molecule has 5 nitrogen and oxygen atoms in total. The Hall–Kier alpha value is -2.79. The fourth-order valence-electron chi connectivity index (χ4n) is 2.21. The van der Waals surface area contributed by atoms with Crippen LogP contribution in [0.25, 0.3) is 22.6 Å². The van der Waals surface area contributed by atoms with Gasteiger partial charge < -0.3 is 9.15 Å². The molecule has 3 aromatic rings. The first-order valence-electron chi connectivity index (χ1n) is 7.28. The highest BCUT2D eigenvalue weighted by Crippen LogP contribution is 2.32. The van der Waals surface area contributed by atoms with Gasteiger partial charge in [-0.15, -0.1) is 0 Å². The predicted octanol–water partition coefficient (Wildman–Crippen LogP) is 5.19. The fourth-order valence-corrected chi connectivity index (χ4v) is 2.41. The van der Waals surface area contributed by atoms with Crippen LogP contribution in [0, 0.1) is 6.92 Å². The Bertz CT molecular complexity index is 918. The molecule has 0 radical (unpaired) electrons. The predicted molar refractivity (Wildman–Crippen MR) is 94.4 cm³/mol. The topological polar surface area (TPSA) is 64.4 Å². The first-order valence-corrected chi connectivity index (χ1v) is 7.66. The van der Waals surface area contributed by atoms with Crippen molar-refractivity contribution < 1.29 is 13.9 Å². The molecule has 0 fully saturated rings. The second-order valence-electron chi connectivity index (χ2n) is 5.20. The van der Waals surface area contributed by atoms with Gasteiger partial charge in [0.2, 0.25) is 5.89 Å². The highest BCUT2D eigenvalue weighted by Gasteiger charge is 2.13. The number of hydrogen-bond donors (Lipinski definition) is 1. The van der Waals surface area contributed by atoms with E-state index in [9.17, 15) is 4.79 Å². The zero-order chi connectivity index (χ0) is 17.1. The molecule has 24 heavy (non-hydrogen) atoms. The SMILES string of the molecule is C=CCOC(=O)Nc1ccc(Cl)c(-c2nc3cc(C)ccc3o2)c1. The zero-order valence-electron chi connectivity index (χ0n) is 13.0. The molecule has 0 aliphatic carbocycles. The number of rotatable bonds is 4. The second kappa shape index (κ2) is 6.76. The van der Waals surface area contributed by atoms with Crippen LogP contribution in [0.15, 0.2) is 53.5 Å². The van der Waals surface area contributed by atoms with Crippen LogP contribution in [0.1, 0.15) is 5.56 Å². The summed E-state index contributed by atoms with van der Waals surface area (Å²) in [6.45, 7) is 5.61. The largest absolute Gasteiger partial charge is 0.445 e. The number of halogens is 1. The average molecular weight is 343 g/mol. The van der Waals surface area contributed by atoms with Gasteiger partial charge in [0.05, 0.1) is 10.6 Å².